The number of carbonyl (C=O) groups excluding carboxylic acids is 1. The Hall–Kier alpha value is -0.970. The first-order chi connectivity index (χ1) is 9.64. The lowest BCUT2D eigenvalue weighted by molar-refractivity contribution is -0.140. The molecule has 0 radical (unpaired) electrons. The highest BCUT2D eigenvalue weighted by Crippen LogP contribution is 2.28. The van der Waals surface area contributed by atoms with E-state index in [-0.39, 0.29) is 12.5 Å². The molecule has 0 saturated heterocycles. The number of carbonyl (C=O) groups is 1. The van der Waals surface area contributed by atoms with E-state index in [0.717, 1.165) is 0 Å². The van der Waals surface area contributed by atoms with E-state index in [1.165, 1.54) is 0 Å². The van der Waals surface area contributed by atoms with Crippen molar-refractivity contribution in [2.45, 2.75) is 39.4 Å². The molecule has 0 aliphatic carbocycles. The Kier molecular flexibility index (Phi) is 6.32. The summed E-state index contributed by atoms with van der Waals surface area (Å²) in [7, 11) is 0. The molecule has 6 heteroatoms. The maximum Gasteiger partial charge on any atom is 0.263 e. The molecule has 0 aliphatic heterocycles. The van der Waals surface area contributed by atoms with Crippen LogP contribution in [0.25, 0.3) is 0 Å². The second-order valence-corrected chi connectivity index (χ2v) is 6.34. The second kappa shape index (κ2) is 7.34. The zero-order chi connectivity index (χ0) is 16.2. The molecule has 0 spiro atoms. The summed E-state index contributed by atoms with van der Waals surface area (Å²) in [5.41, 5.74) is -0.955. The minimum absolute atomic E-state index is 0.203. The highest BCUT2D eigenvalue weighted by molar-refractivity contribution is 6.35. The normalized spacial score (nSPS) is 12.9. The van der Waals surface area contributed by atoms with Gasteiger partial charge in [-0.3, -0.25) is 4.79 Å². The smallest absolute Gasteiger partial charge is 0.263 e. The van der Waals surface area contributed by atoms with Gasteiger partial charge in [0.25, 0.3) is 5.91 Å². The summed E-state index contributed by atoms with van der Waals surface area (Å²) in [6.07, 6.45) is -0.703. The van der Waals surface area contributed by atoms with Gasteiger partial charge < -0.3 is 14.7 Å². The first-order valence-corrected chi connectivity index (χ1v) is 7.52. The molecule has 1 atom stereocenters. The fourth-order valence-corrected chi connectivity index (χ4v) is 2.33. The topological polar surface area (TPSA) is 49.8 Å². The van der Waals surface area contributed by atoms with Gasteiger partial charge >= 0.3 is 0 Å². The van der Waals surface area contributed by atoms with E-state index in [0.29, 0.717) is 22.3 Å². The molecular weight excluding hydrogens is 313 g/mol. The van der Waals surface area contributed by atoms with Gasteiger partial charge in [0.2, 0.25) is 0 Å². The predicted octanol–water partition coefficient (Wildman–Crippen LogP) is 3.38. The van der Waals surface area contributed by atoms with Gasteiger partial charge in [-0.05, 0) is 45.9 Å². The third-order valence-corrected chi connectivity index (χ3v) is 3.35. The van der Waals surface area contributed by atoms with Crippen LogP contribution in [0.15, 0.2) is 18.2 Å². The Labute approximate surface area is 135 Å². The zero-order valence-corrected chi connectivity index (χ0v) is 14.2. The summed E-state index contributed by atoms with van der Waals surface area (Å²) in [5, 5.41) is 10.7. The van der Waals surface area contributed by atoms with Gasteiger partial charge in [-0.15, -0.1) is 0 Å². The van der Waals surface area contributed by atoms with Crippen molar-refractivity contribution in [2.75, 3.05) is 13.1 Å². The summed E-state index contributed by atoms with van der Waals surface area (Å²) < 4.78 is 5.60. The Morgan fingerprint density at radius 1 is 1.43 bits per heavy atom. The van der Waals surface area contributed by atoms with Crippen LogP contribution in [0.3, 0.4) is 0 Å². The third kappa shape index (κ3) is 5.73. The highest BCUT2D eigenvalue weighted by Gasteiger charge is 2.26. The molecule has 0 heterocycles. The van der Waals surface area contributed by atoms with Crippen LogP contribution in [0.5, 0.6) is 5.75 Å². The molecule has 1 amide bonds. The lowest BCUT2D eigenvalue weighted by Crippen LogP contribution is -2.47. The molecule has 0 aliphatic rings. The molecule has 1 unspecified atom stereocenters. The highest BCUT2D eigenvalue weighted by atomic mass is 35.5. The molecule has 0 bridgehead atoms. The number of aliphatic hydroxyl groups is 1. The zero-order valence-electron chi connectivity index (χ0n) is 12.7. The quantitative estimate of drug-likeness (QED) is 0.868. The standard InChI is InChI=1S/C15H21Cl2NO3/c1-5-18(9-15(3,4)20)14(19)10(2)21-13-7-6-11(16)8-12(13)17/h6-8,10,20H,5,9H2,1-4H3. The van der Waals surface area contributed by atoms with Gasteiger partial charge in [0.15, 0.2) is 6.10 Å². The Morgan fingerprint density at radius 2 is 2.05 bits per heavy atom. The lowest BCUT2D eigenvalue weighted by atomic mass is 10.1. The number of nitrogens with zero attached hydrogens (tertiary/aromatic N) is 1. The van der Waals surface area contributed by atoms with Gasteiger partial charge in [0.05, 0.1) is 10.6 Å². The van der Waals surface area contributed by atoms with Gasteiger partial charge in [-0.25, -0.2) is 0 Å². The van der Waals surface area contributed by atoms with Crippen LogP contribution in [-0.4, -0.2) is 40.7 Å². The van der Waals surface area contributed by atoms with Gasteiger partial charge in [-0.2, -0.15) is 0 Å². The van der Waals surface area contributed by atoms with Gasteiger partial charge in [0.1, 0.15) is 5.75 Å². The third-order valence-electron chi connectivity index (χ3n) is 2.82. The van der Waals surface area contributed by atoms with E-state index < -0.39 is 11.7 Å². The Balaban J connectivity index is 2.77. The van der Waals surface area contributed by atoms with E-state index in [2.05, 4.69) is 0 Å². The Morgan fingerprint density at radius 3 is 2.52 bits per heavy atom. The molecular formula is C15H21Cl2NO3. The van der Waals surface area contributed by atoms with Crippen molar-refractivity contribution in [1.82, 2.24) is 4.90 Å². The van der Waals surface area contributed by atoms with Crippen molar-refractivity contribution in [3.05, 3.63) is 28.2 Å². The molecule has 118 valence electrons. The maximum absolute atomic E-state index is 12.4. The molecule has 0 aromatic heterocycles. The fraction of sp³-hybridized carbons (Fsp3) is 0.533. The monoisotopic (exact) mass is 333 g/mol. The molecule has 1 N–H and O–H groups in total. The van der Waals surface area contributed by atoms with Gasteiger partial charge in [0, 0.05) is 18.1 Å². The first kappa shape index (κ1) is 18.1. The van der Waals surface area contributed by atoms with Crippen LogP contribution in [-0.2, 0) is 4.79 Å². The summed E-state index contributed by atoms with van der Waals surface area (Å²) in [6, 6.07) is 4.83. The average Bonchev–Trinajstić information content (AvgIpc) is 2.37. The molecule has 1 aromatic rings. The SMILES string of the molecule is CCN(CC(C)(C)O)C(=O)C(C)Oc1ccc(Cl)cc1Cl. The average molecular weight is 334 g/mol. The summed E-state index contributed by atoms with van der Waals surface area (Å²) in [4.78, 5) is 13.9. The molecule has 1 rings (SSSR count). The van der Waals surface area contributed by atoms with E-state index in [4.69, 9.17) is 27.9 Å². The number of halogens is 2. The predicted molar refractivity (Wildman–Crippen MR) is 85.1 cm³/mol. The van der Waals surface area contributed by atoms with E-state index >= 15 is 0 Å². The lowest BCUT2D eigenvalue weighted by Gasteiger charge is -2.30. The number of hydrogen-bond donors (Lipinski definition) is 1. The number of likely N-dealkylation sites (N-methyl/N-ethyl adjacent to an activating group) is 1. The van der Waals surface area contributed by atoms with Crippen molar-refractivity contribution in [2.24, 2.45) is 0 Å². The number of rotatable bonds is 6. The summed E-state index contributed by atoms with van der Waals surface area (Å²) in [6.45, 7) is 7.55. The summed E-state index contributed by atoms with van der Waals surface area (Å²) in [5.74, 6) is 0.201. The largest absolute Gasteiger partial charge is 0.479 e. The van der Waals surface area contributed by atoms with E-state index in [1.54, 1.807) is 43.9 Å². The van der Waals surface area contributed by atoms with Crippen molar-refractivity contribution >= 4 is 29.1 Å². The number of benzene rings is 1. The van der Waals surface area contributed by atoms with Crippen LogP contribution in [0.4, 0.5) is 0 Å². The minimum Gasteiger partial charge on any atom is -0.479 e. The van der Waals surface area contributed by atoms with Crippen molar-refractivity contribution in [3.8, 4) is 5.75 Å². The molecule has 0 fully saturated rings. The van der Waals surface area contributed by atoms with Crippen molar-refractivity contribution < 1.29 is 14.6 Å². The van der Waals surface area contributed by atoms with Crippen LogP contribution >= 0.6 is 23.2 Å². The van der Waals surface area contributed by atoms with Crippen LogP contribution in [0, 0.1) is 0 Å². The van der Waals surface area contributed by atoms with Crippen LogP contribution < -0.4 is 4.74 Å². The summed E-state index contributed by atoms with van der Waals surface area (Å²) >= 11 is 11.8. The molecule has 4 nitrogen and oxygen atoms in total. The number of amides is 1. The molecule has 0 saturated carbocycles. The minimum atomic E-state index is -0.955. The fourth-order valence-electron chi connectivity index (χ4n) is 1.88. The Bertz CT molecular complexity index is 500. The second-order valence-electron chi connectivity index (χ2n) is 5.50. The van der Waals surface area contributed by atoms with E-state index in [1.807, 2.05) is 6.92 Å². The maximum atomic E-state index is 12.4. The van der Waals surface area contributed by atoms with Crippen LogP contribution in [0.1, 0.15) is 27.7 Å². The first-order valence-electron chi connectivity index (χ1n) is 6.77. The number of ether oxygens (including phenoxy) is 1. The van der Waals surface area contributed by atoms with Crippen LogP contribution in [0.2, 0.25) is 10.0 Å². The molecule has 1 aromatic carbocycles. The van der Waals surface area contributed by atoms with Crippen molar-refractivity contribution in [3.63, 3.8) is 0 Å². The van der Waals surface area contributed by atoms with E-state index in [9.17, 15) is 9.90 Å². The molecule has 21 heavy (non-hydrogen) atoms. The van der Waals surface area contributed by atoms with Gasteiger partial charge in [-0.1, -0.05) is 23.2 Å². The number of hydrogen-bond acceptors (Lipinski definition) is 3. The van der Waals surface area contributed by atoms with Crippen molar-refractivity contribution in [1.29, 1.82) is 0 Å².